The third kappa shape index (κ3) is 26.9. The number of amides is 1. The van der Waals surface area contributed by atoms with Gasteiger partial charge in [-0.3, -0.25) is 19.4 Å². The molecule has 0 aliphatic rings. The van der Waals surface area contributed by atoms with Crippen molar-refractivity contribution in [3.05, 3.63) is 0 Å². The van der Waals surface area contributed by atoms with E-state index in [1.807, 2.05) is 0 Å². The van der Waals surface area contributed by atoms with Gasteiger partial charge in [0.25, 0.3) is 0 Å². The first kappa shape index (κ1) is 34.9. The molecule has 0 saturated heterocycles. The van der Waals surface area contributed by atoms with E-state index in [9.17, 15) is 9.59 Å². The Morgan fingerprint density at radius 1 is 0.647 bits per heavy atom. The maximum atomic E-state index is 11.7. The average Bonchev–Trinajstić information content (AvgIpc) is 2.79. The summed E-state index contributed by atoms with van der Waals surface area (Å²) in [6, 6.07) is 0. The fourth-order valence-corrected chi connectivity index (χ4v) is 3.40. The third-order valence-corrected chi connectivity index (χ3v) is 5.28. The van der Waals surface area contributed by atoms with E-state index in [-0.39, 0.29) is 38.9 Å². The summed E-state index contributed by atoms with van der Waals surface area (Å²) in [5.41, 5.74) is 0. The predicted octanol–water partition coefficient (Wildman–Crippen LogP) is 0.668. The number of carbonyl (C=O) groups excluding carboxylic acids is 1. The zero-order valence-electron chi connectivity index (χ0n) is 21.3. The molecule has 0 radical (unpaired) electrons. The first-order chi connectivity index (χ1) is 16.4. The molecule has 0 aromatic heterocycles. The standard InChI is InChI=1S/C18H36N2O4.C6H15NO3/c1-2-3-4-5-6-7-8-9-10-11-17(22)19-12-13-20(14-15-21)16-18(23)24;8-4-1-7(2-5-9)3-6-10/h21H,2-16H2,1H3,(H,19,22)(H,23,24);8-10H,1-6H2. The number of nitrogens with one attached hydrogen (secondary N) is 1. The number of rotatable bonds is 23. The lowest BCUT2D eigenvalue weighted by molar-refractivity contribution is -0.138. The Bertz CT molecular complexity index is 442. The normalized spacial score (nSPS) is 10.9. The Morgan fingerprint density at radius 2 is 1.09 bits per heavy atom. The van der Waals surface area contributed by atoms with E-state index >= 15 is 0 Å². The first-order valence-electron chi connectivity index (χ1n) is 12.8. The highest BCUT2D eigenvalue weighted by Crippen LogP contribution is 2.10. The van der Waals surface area contributed by atoms with Crippen LogP contribution in [0.5, 0.6) is 0 Å². The van der Waals surface area contributed by atoms with Gasteiger partial charge in [0.1, 0.15) is 0 Å². The smallest absolute Gasteiger partial charge is 0.317 e. The van der Waals surface area contributed by atoms with Gasteiger partial charge < -0.3 is 30.8 Å². The van der Waals surface area contributed by atoms with Gasteiger partial charge >= 0.3 is 5.97 Å². The summed E-state index contributed by atoms with van der Waals surface area (Å²) in [6.45, 7) is 4.94. The second kappa shape index (κ2) is 27.9. The van der Waals surface area contributed by atoms with Gasteiger partial charge in [0.05, 0.1) is 33.0 Å². The van der Waals surface area contributed by atoms with Crippen LogP contribution in [0.2, 0.25) is 0 Å². The number of carboxylic acid groups (broad SMARTS) is 1. The molecule has 0 aromatic carbocycles. The molecule has 0 aromatic rings. The van der Waals surface area contributed by atoms with Crippen LogP contribution in [0.3, 0.4) is 0 Å². The fourth-order valence-electron chi connectivity index (χ4n) is 3.40. The molecule has 1 amide bonds. The topological polar surface area (TPSA) is 154 Å². The summed E-state index contributed by atoms with van der Waals surface area (Å²) in [5, 5.41) is 45.9. The number of carbonyl (C=O) groups is 2. The van der Waals surface area contributed by atoms with Crippen LogP contribution in [0.15, 0.2) is 0 Å². The predicted molar refractivity (Wildman–Crippen MR) is 134 cm³/mol. The van der Waals surface area contributed by atoms with Gasteiger partial charge in [-0.25, -0.2) is 0 Å². The molecular weight excluding hydrogens is 442 g/mol. The average molecular weight is 494 g/mol. The molecule has 0 rings (SSSR count). The number of aliphatic hydroxyl groups excluding tert-OH is 4. The van der Waals surface area contributed by atoms with Crippen LogP contribution in [0.1, 0.15) is 71.1 Å². The Morgan fingerprint density at radius 3 is 1.53 bits per heavy atom. The summed E-state index contributed by atoms with van der Waals surface area (Å²) < 4.78 is 0. The summed E-state index contributed by atoms with van der Waals surface area (Å²) in [5.74, 6) is -0.901. The molecule has 0 aliphatic heterocycles. The van der Waals surface area contributed by atoms with Crippen molar-refractivity contribution in [2.45, 2.75) is 71.1 Å². The van der Waals surface area contributed by atoms with E-state index in [4.69, 9.17) is 25.5 Å². The van der Waals surface area contributed by atoms with Crippen molar-refractivity contribution in [2.24, 2.45) is 0 Å². The van der Waals surface area contributed by atoms with Crippen LogP contribution < -0.4 is 5.32 Å². The number of aliphatic hydroxyl groups is 4. The quantitative estimate of drug-likeness (QED) is 0.113. The summed E-state index contributed by atoms with van der Waals surface area (Å²) in [6.07, 6.45) is 11.6. The van der Waals surface area contributed by atoms with E-state index in [1.165, 1.54) is 44.9 Å². The molecule has 0 bridgehead atoms. The number of aliphatic carboxylic acids is 1. The molecule has 10 nitrogen and oxygen atoms in total. The van der Waals surface area contributed by atoms with Crippen molar-refractivity contribution < 1.29 is 35.1 Å². The van der Waals surface area contributed by atoms with Crippen molar-refractivity contribution in [1.82, 2.24) is 15.1 Å². The van der Waals surface area contributed by atoms with Gasteiger partial charge in [-0.1, -0.05) is 58.3 Å². The molecule has 0 atom stereocenters. The Balaban J connectivity index is 0. The van der Waals surface area contributed by atoms with Crippen LogP contribution in [0.4, 0.5) is 0 Å². The minimum absolute atomic E-state index is 0.0252. The Kier molecular flexibility index (Phi) is 28.7. The van der Waals surface area contributed by atoms with E-state index in [1.54, 1.807) is 9.80 Å². The zero-order valence-corrected chi connectivity index (χ0v) is 21.3. The monoisotopic (exact) mass is 493 g/mol. The molecule has 10 heteroatoms. The largest absolute Gasteiger partial charge is 0.480 e. The number of carboxylic acids is 1. The van der Waals surface area contributed by atoms with Crippen molar-refractivity contribution in [1.29, 1.82) is 0 Å². The highest BCUT2D eigenvalue weighted by Gasteiger charge is 2.09. The van der Waals surface area contributed by atoms with Crippen molar-refractivity contribution in [2.75, 3.05) is 72.2 Å². The molecule has 0 aliphatic carbocycles. The molecule has 0 heterocycles. The van der Waals surface area contributed by atoms with Crippen molar-refractivity contribution in [3.8, 4) is 0 Å². The summed E-state index contributed by atoms with van der Waals surface area (Å²) >= 11 is 0. The van der Waals surface area contributed by atoms with E-state index in [0.29, 0.717) is 45.7 Å². The molecule has 34 heavy (non-hydrogen) atoms. The Hall–Kier alpha value is -1.30. The van der Waals surface area contributed by atoms with Crippen molar-refractivity contribution in [3.63, 3.8) is 0 Å². The zero-order chi connectivity index (χ0) is 25.9. The molecule has 0 spiro atoms. The van der Waals surface area contributed by atoms with Gasteiger partial charge in [-0.2, -0.15) is 0 Å². The second-order valence-corrected chi connectivity index (χ2v) is 8.33. The lowest BCUT2D eigenvalue weighted by Crippen LogP contribution is -2.39. The van der Waals surface area contributed by atoms with Crippen LogP contribution in [0, 0.1) is 0 Å². The molecule has 0 saturated carbocycles. The third-order valence-electron chi connectivity index (χ3n) is 5.28. The molecule has 0 unspecified atom stereocenters. The minimum Gasteiger partial charge on any atom is -0.480 e. The second-order valence-electron chi connectivity index (χ2n) is 8.33. The number of hydrogen-bond donors (Lipinski definition) is 6. The first-order valence-corrected chi connectivity index (χ1v) is 12.8. The Labute approximate surface area is 206 Å². The van der Waals surface area contributed by atoms with Crippen LogP contribution in [0.25, 0.3) is 0 Å². The van der Waals surface area contributed by atoms with E-state index in [2.05, 4.69) is 12.2 Å². The summed E-state index contributed by atoms with van der Waals surface area (Å²) in [4.78, 5) is 25.8. The highest BCUT2D eigenvalue weighted by molar-refractivity contribution is 5.75. The van der Waals surface area contributed by atoms with Crippen LogP contribution in [-0.4, -0.2) is 119 Å². The van der Waals surface area contributed by atoms with Gasteiger partial charge in [-0.15, -0.1) is 0 Å². The van der Waals surface area contributed by atoms with Crippen LogP contribution in [-0.2, 0) is 9.59 Å². The minimum atomic E-state index is -0.926. The highest BCUT2D eigenvalue weighted by atomic mass is 16.4. The fraction of sp³-hybridized carbons (Fsp3) is 0.917. The molecular formula is C24H51N3O7. The van der Waals surface area contributed by atoms with Gasteiger partial charge in [0.15, 0.2) is 0 Å². The van der Waals surface area contributed by atoms with Crippen LogP contribution >= 0.6 is 0 Å². The number of unbranched alkanes of at least 4 members (excludes halogenated alkanes) is 8. The van der Waals surface area contributed by atoms with Gasteiger partial charge in [-0.05, 0) is 6.42 Å². The van der Waals surface area contributed by atoms with E-state index in [0.717, 1.165) is 12.8 Å². The van der Waals surface area contributed by atoms with Gasteiger partial charge in [0.2, 0.25) is 5.91 Å². The molecule has 204 valence electrons. The maximum absolute atomic E-state index is 11.7. The van der Waals surface area contributed by atoms with Gasteiger partial charge in [0, 0.05) is 45.7 Å². The molecule has 0 fully saturated rings. The SMILES string of the molecule is CCCCCCCCCCCC(=O)NCCN(CCO)CC(=O)O.OCCN(CCO)CCO. The summed E-state index contributed by atoms with van der Waals surface area (Å²) in [7, 11) is 0. The number of nitrogens with zero attached hydrogens (tertiary/aromatic N) is 2. The van der Waals surface area contributed by atoms with Crippen molar-refractivity contribution >= 4 is 11.9 Å². The lowest BCUT2D eigenvalue weighted by Gasteiger charge is -2.19. The van der Waals surface area contributed by atoms with E-state index < -0.39 is 5.97 Å². The lowest BCUT2D eigenvalue weighted by atomic mass is 10.1. The number of hydrogen-bond acceptors (Lipinski definition) is 8. The maximum Gasteiger partial charge on any atom is 0.317 e. The molecule has 6 N–H and O–H groups in total.